The van der Waals surface area contributed by atoms with Crippen LogP contribution in [0.2, 0.25) is 0 Å². The van der Waals surface area contributed by atoms with Crippen molar-refractivity contribution in [1.29, 1.82) is 0 Å². The molecule has 0 radical (unpaired) electrons. The Balaban J connectivity index is 1.56. The number of phenolic OH excluding ortho intramolecular Hbond substituents is 1. The lowest BCUT2D eigenvalue weighted by molar-refractivity contribution is -0.133. The standard InChI is InChI=1S/C24H25NO6/c1-29-17-8-6-16(7-9-17)19-14-31-21-13-18(12-20(26)23(21)24(19)28)30-15-22(27)25-10-4-2-3-5-11-25/h6-9,12-14,26H,2-5,10-11,15H2,1H3. The van der Waals surface area contributed by atoms with E-state index in [4.69, 9.17) is 13.9 Å². The Hall–Kier alpha value is -3.48. The summed E-state index contributed by atoms with van der Waals surface area (Å²) in [7, 11) is 1.57. The molecular formula is C24H25NO6. The number of ether oxygens (including phenoxy) is 2. The average Bonchev–Trinajstić information content (AvgIpc) is 3.07. The molecule has 162 valence electrons. The zero-order chi connectivity index (χ0) is 21.8. The molecule has 1 N–H and O–H groups in total. The highest BCUT2D eigenvalue weighted by Crippen LogP contribution is 2.30. The van der Waals surface area contributed by atoms with E-state index in [0.29, 0.717) is 16.9 Å². The van der Waals surface area contributed by atoms with Gasteiger partial charge in [0, 0.05) is 25.2 Å². The summed E-state index contributed by atoms with van der Waals surface area (Å²) in [6.07, 6.45) is 5.65. The fourth-order valence-corrected chi connectivity index (χ4v) is 3.82. The number of hydrogen-bond acceptors (Lipinski definition) is 6. The first-order valence-corrected chi connectivity index (χ1v) is 10.4. The monoisotopic (exact) mass is 423 g/mol. The van der Waals surface area contributed by atoms with E-state index in [-0.39, 0.29) is 40.4 Å². The smallest absolute Gasteiger partial charge is 0.260 e. The fourth-order valence-electron chi connectivity index (χ4n) is 3.82. The molecule has 0 saturated carbocycles. The lowest BCUT2D eigenvalue weighted by Crippen LogP contribution is -2.35. The summed E-state index contributed by atoms with van der Waals surface area (Å²) in [5.41, 5.74) is 0.824. The topological polar surface area (TPSA) is 89.2 Å². The van der Waals surface area contributed by atoms with Gasteiger partial charge < -0.3 is 23.9 Å². The molecule has 4 rings (SSSR count). The Morgan fingerprint density at radius 3 is 2.45 bits per heavy atom. The van der Waals surface area contributed by atoms with Gasteiger partial charge in [-0.3, -0.25) is 9.59 Å². The van der Waals surface area contributed by atoms with Crippen molar-refractivity contribution >= 4 is 16.9 Å². The van der Waals surface area contributed by atoms with Crippen LogP contribution in [-0.4, -0.2) is 42.7 Å². The van der Waals surface area contributed by atoms with Crippen LogP contribution < -0.4 is 14.9 Å². The molecule has 0 bridgehead atoms. The van der Waals surface area contributed by atoms with Crippen LogP contribution in [-0.2, 0) is 4.79 Å². The number of carbonyl (C=O) groups is 1. The molecule has 7 nitrogen and oxygen atoms in total. The van der Waals surface area contributed by atoms with E-state index in [1.165, 1.54) is 18.4 Å². The number of nitrogens with zero attached hydrogens (tertiary/aromatic N) is 1. The molecule has 31 heavy (non-hydrogen) atoms. The maximum atomic E-state index is 13.0. The first-order valence-electron chi connectivity index (χ1n) is 10.4. The van der Waals surface area contributed by atoms with E-state index in [1.807, 2.05) is 4.90 Å². The van der Waals surface area contributed by atoms with E-state index in [2.05, 4.69) is 0 Å². The molecule has 2 aromatic carbocycles. The highest BCUT2D eigenvalue weighted by Gasteiger charge is 2.18. The van der Waals surface area contributed by atoms with Gasteiger partial charge in [-0.15, -0.1) is 0 Å². The second-order valence-corrected chi connectivity index (χ2v) is 7.61. The summed E-state index contributed by atoms with van der Waals surface area (Å²) in [5.74, 6) is 0.610. The van der Waals surface area contributed by atoms with Crippen LogP contribution in [0, 0.1) is 0 Å². The number of carbonyl (C=O) groups excluding carboxylic acids is 1. The summed E-state index contributed by atoms with van der Waals surface area (Å²) in [4.78, 5) is 27.2. The molecule has 1 aromatic heterocycles. The maximum absolute atomic E-state index is 13.0. The normalized spacial score (nSPS) is 14.3. The van der Waals surface area contributed by atoms with Crippen molar-refractivity contribution in [2.75, 3.05) is 26.8 Å². The number of likely N-dealkylation sites (tertiary alicyclic amines) is 1. The Bertz CT molecular complexity index is 1130. The van der Waals surface area contributed by atoms with E-state index in [0.717, 1.165) is 38.8 Å². The predicted octanol–water partition coefficient (Wildman–Crippen LogP) is 3.96. The number of hydrogen-bond donors (Lipinski definition) is 1. The molecule has 0 aliphatic carbocycles. The number of phenols is 1. The summed E-state index contributed by atoms with van der Waals surface area (Å²) in [6, 6.07) is 9.85. The van der Waals surface area contributed by atoms with Crippen LogP contribution in [0.1, 0.15) is 25.7 Å². The van der Waals surface area contributed by atoms with E-state index in [9.17, 15) is 14.7 Å². The van der Waals surface area contributed by atoms with E-state index < -0.39 is 0 Å². The lowest BCUT2D eigenvalue weighted by atomic mass is 10.0. The molecule has 0 spiro atoms. The van der Waals surface area contributed by atoms with Crippen LogP contribution in [0.3, 0.4) is 0 Å². The van der Waals surface area contributed by atoms with Crippen molar-refractivity contribution in [1.82, 2.24) is 4.90 Å². The molecule has 0 unspecified atom stereocenters. The zero-order valence-electron chi connectivity index (χ0n) is 17.4. The van der Waals surface area contributed by atoms with Crippen molar-refractivity contribution in [3.05, 3.63) is 52.9 Å². The second-order valence-electron chi connectivity index (χ2n) is 7.61. The van der Waals surface area contributed by atoms with Crippen molar-refractivity contribution in [2.24, 2.45) is 0 Å². The van der Waals surface area contributed by atoms with Gasteiger partial charge >= 0.3 is 0 Å². The SMILES string of the molecule is COc1ccc(-c2coc3cc(OCC(=O)N4CCCCCC4)cc(O)c3c2=O)cc1. The van der Waals surface area contributed by atoms with Crippen LogP contribution in [0.5, 0.6) is 17.2 Å². The number of amides is 1. The number of rotatable bonds is 5. The van der Waals surface area contributed by atoms with Crippen LogP contribution in [0.15, 0.2) is 51.9 Å². The van der Waals surface area contributed by atoms with Crippen LogP contribution in [0.4, 0.5) is 0 Å². The van der Waals surface area contributed by atoms with E-state index in [1.54, 1.807) is 31.4 Å². The summed E-state index contributed by atoms with van der Waals surface area (Å²) < 4.78 is 16.4. The third-order valence-corrected chi connectivity index (χ3v) is 5.55. The Labute approximate surface area is 179 Å². The third kappa shape index (κ3) is 4.50. The number of methoxy groups -OCH3 is 1. The van der Waals surface area contributed by atoms with Gasteiger partial charge in [0.25, 0.3) is 5.91 Å². The van der Waals surface area contributed by atoms with Gasteiger partial charge in [-0.1, -0.05) is 25.0 Å². The van der Waals surface area contributed by atoms with Gasteiger partial charge in [0.2, 0.25) is 5.43 Å². The fraction of sp³-hybridized carbons (Fsp3) is 0.333. The zero-order valence-corrected chi connectivity index (χ0v) is 17.4. The van der Waals surface area contributed by atoms with Gasteiger partial charge in [-0.2, -0.15) is 0 Å². The van der Waals surface area contributed by atoms with Crippen molar-refractivity contribution in [3.63, 3.8) is 0 Å². The van der Waals surface area contributed by atoms with Gasteiger partial charge in [0.1, 0.15) is 34.5 Å². The predicted molar refractivity (Wildman–Crippen MR) is 117 cm³/mol. The van der Waals surface area contributed by atoms with Crippen LogP contribution in [0.25, 0.3) is 22.1 Å². The average molecular weight is 423 g/mol. The molecule has 1 aliphatic rings. The number of aromatic hydroxyl groups is 1. The molecule has 0 atom stereocenters. The number of benzene rings is 2. The van der Waals surface area contributed by atoms with E-state index >= 15 is 0 Å². The Kier molecular flexibility index (Phi) is 6.11. The van der Waals surface area contributed by atoms with Gasteiger partial charge in [-0.25, -0.2) is 0 Å². The van der Waals surface area contributed by atoms with Gasteiger partial charge in [-0.05, 0) is 30.5 Å². The third-order valence-electron chi connectivity index (χ3n) is 5.55. The molecule has 2 heterocycles. The quantitative estimate of drug-likeness (QED) is 0.668. The second kappa shape index (κ2) is 9.12. The highest BCUT2D eigenvalue weighted by molar-refractivity contribution is 5.88. The minimum atomic E-state index is -0.351. The van der Waals surface area contributed by atoms with Crippen molar-refractivity contribution in [2.45, 2.75) is 25.7 Å². The minimum absolute atomic E-state index is 0.0690. The molecule has 1 saturated heterocycles. The minimum Gasteiger partial charge on any atom is -0.507 e. The van der Waals surface area contributed by atoms with Gasteiger partial charge in [0.05, 0.1) is 12.7 Å². The first kappa shape index (κ1) is 20.8. The molecule has 1 aliphatic heterocycles. The summed E-state index contributed by atoms with van der Waals surface area (Å²) >= 11 is 0. The van der Waals surface area contributed by atoms with Crippen molar-refractivity contribution < 1.29 is 23.8 Å². The largest absolute Gasteiger partial charge is 0.507 e. The lowest BCUT2D eigenvalue weighted by Gasteiger charge is -2.20. The van der Waals surface area contributed by atoms with Crippen LogP contribution >= 0.6 is 0 Å². The molecule has 1 fully saturated rings. The Morgan fingerprint density at radius 2 is 1.77 bits per heavy atom. The maximum Gasteiger partial charge on any atom is 0.260 e. The summed E-state index contributed by atoms with van der Waals surface area (Å²) in [5, 5.41) is 10.6. The highest BCUT2D eigenvalue weighted by atomic mass is 16.5. The Morgan fingerprint density at radius 1 is 1.06 bits per heavy atom. The first-order chi connectivity index (χ1) is 15.1. The molecule has 3 aromatic rings. The number of fused-ring (bicyclic) bond motifs is 1. The van der Waals surface area contributed by atoms with Crippen molar-refractivity contribution in [3.8, 4) is 28.4 Å². The summed E-state index contributed by atoms with van der Waals surface area (Å²) in [6.45, 7) is 1.36. The molecule has 1 amide bonds. The molecular weight excluding hydrogens is 398 g/mol. The van der Waals surface area contributed by atoms with Gasteiger partial charge in [0.15, 0.2) is 6.61 Å². The molecule has 7 heteroatoms.